The van der Waals surface area contributed by atoms with Crippen molar-refractivity contribution in [2.24, 2.45) is 0 Å². The van der Waals surface area contributed by atoms with Gasteiger partial charge in [-0.2, -0.15) is 0 Å². The van der Waals surface area contributed by atoms with Crippen LogP contribution in [-0.4, -0.2) is 0 Å². The fourth-order valence-electron chi connectivity index (χ4n) is 1.06. The van der Waals surface area contributed by atoms with Gasteiger partial charge in [-0.15, -0.1) is 22.7 Å². The van der Waals surface area contributed by atoms with E-state index in [9.17, 15) is 0 Å². The summed E-state index contributed by atoms with van der Waals surface area (Å²) >= 11 is 10.5. The normalized spacial score (nSPS) is 10.7. The second-order valence-corrected chi connectivity index (χ2v) is 7.02. The third kappa shape index (κ3) is 2.06. The maximum atomic E-state index is 3.50. The van der Waals surface area contributed by atoms with Crippen LogP contribution in [0.4, 0.5) is 0 Å². The van der Waals surface area contributed by atoms with Gasteiger partial charge in [0.2, 0.25) is 0 Å². The quantitative estimate of drug-likeness (QED) is 0.661. The average molecular weight is 338 g/mol. The minimum atomic E-state index is 1.14. The van der Waals surface area contributed by atoms with E-state index in [-0.39, 0.29) is 0 Å². The van der Waals surface area contributed by atoms with Crippen LogP contribution in [0, 0.1) is 6.92 Å². The van der Waals surface area contributed by atoms with Crippen molar-refractivity contribution in [3.8, 4) is 10.4 Å². The van der Waals surface area contributed by atoms with Crippen molar-refractivity contribution in [1.29, 1.82) is 0 Å². The summed E-state index contributed by atoms with van der Waals surface area (Å²) in [6, 6.07) is 4.37. The highest BCUT2D eigenvalue weighted by molar-refractivity contribution is 9.13. The molecule has 2 rings (SSSR count). The van der Waals surface area contributed by atoms with Crippen molar-refractivity contribution >= 4 is 54.5 Å². The number of hydrogen-bond acceptors (Lipinski definition) is 2. The number of rotatable bonds is 1. The zero-order valence-electron chi connectivity index (χ0n) is 6.80. The zero-order valence-corrected chi connectivity index (χ0v) is 11.6. The minimum Gasteiger partial charge on any atom is -0.149 e. The first kappa shape index (κ1) is 9.90. The Balaban J connectivity index is 2.46. The summed E-state index contributed by atoms with van der Waals surface area (Å²) in [4.78, 5) is 2.67. The molecule has 2 aromatic heterocycles. The highest BCUT2D eigenvalue weighted by Crippen LogP contribution is 2.39. The van der Waals surface area contributed by atoms with Gasteiger partial charge >= 0.3 is 0 Å². The number of halogens is 2. The molecule has 0 aliphatic rings. The molecule has 0 saturated heterocycles. The highest BCUT2D eigenvalue weighted by atomic mass is 79.9. The number of aryl methyl sites for hydroxylation is 1. The summed E-state index contributed by atoms with van der Waals surface area (Å²) in [6.07, 6.45) is 0. The monoisotopic (exact) mass is 336 g/mol. The van der Waals surface area contributed by atoms with E-state index < -0.39 is 0 Å². The van der Waals surface area contributed by atoms with Crippen molar-refractivity contribution in [1.82, 2.24) is 0 Å². The van der Waals surface area contributed by atoms with E-state index in [0.717, 1.165) is 8.26 Å². The smallest absolute Gasteiger partial charge is 0.0846 e. The average Bonchev–Trinajstić information content (AvgIpc) is 2.61. The van der Waals surface area contributed by atoms with Crippen LogP contribution in [0.1, 0.15) is 4.88 Å². The van der Waals surface area contributed by atoms with Crippen molar-refractivity contribution in [2.75, 3.05) is 0 Å². The van der Waals surface area contributed by atoms with Crippen LogP contribution < -0.4 is 0 Å². The third-order valence-electron chi connectivity index (χ3n) is 1.66. The summed E-state index contributed by atoms with van der Waals surface area (Å²) in [5.41, 5.74) is 1.32. The molecule has 2 heterocycles. The first-order valence-electron chi connectivity index (χ1n) is 3.67. The van der Waals surface area contributed by atoms with Gasteiger partial charge in [0.25, 0.3) is 0 Å². The predicted molar refractivity (Wildman–Crippen MR) is 67.8 cm³/mol. The van der Waals surface area contributed by atoms with Crippen LogP contribution in [0.5, 0.6) is 0 Å². The summed E-state index contributed by atoms with van der Waals surface area (Å²) in [6.45, 7) is 2.13. The summed E-state index contributed by atoms with van der Waals surface area (Å²) in [5.74, 6) is 0. The molecular weight excluding hydrogens is 332 g/mol. The molecule has 0 fully saturated rings. The van der Waals surface area contributed by atoms with Crippen molar-refractivity contribution in [2.45, 2.75) is 6.92 Å². The Morgan fingerprint density at radius 2 is 2.00 bits per heavy atom. The maximum absolute atomic E-state index is 3.50. The Labute approximate surface area is 102 Å². The van der Waals surface area contributed by atoms with Gasteiger partial charge in [0.1, 0.15) is 0 Å². The molecule has 0 aliphatic heterocycles. The van der Waals surface area contributed by atoms with E-state index in [1.165, 1.54) is 15.3 Å². The Morgan fingerprint density at radius 3 is 2.46 bits per heavy atom. The van der Waals surface area contributed by atoms with Crippen LogP contribution in [0.25, 0.3) is 10.4 Å². The standard InChI is InChI=1S/C9H6Br2S2/c1-5-2-6(4-12-5)8-3-7(10)9(11)13-8/h2-4H,1H3. The number of thiophene rings is 2. The molecule has 0 radical (unpaired) electrons. The van der Waals surface area contributed by atoms with Gasteiger partial charge in [-0.3, -0.25) is 0 Å². The van der Waals surface area contributed by atoms with Crippen LogP contribution in [-0.2, 0) is 0 Å². The molecule has 0 saturated carbocycles. The Hall–Kier alpha value is 0.360. The van der Waals surface area contributed by atoms with Crippen molar-refractivity contribution in [3.05, 3.63) is 30.6 Å². The maximum Gasteiger partial charge on any atom is 0.0846 e. The van der Waals surface area contributed by atoms with E-state index in [4.69, 9.17) is 0 Å². The molecule has 0 bridgehead atoms. The molecule has 13 heavy (non-hydrogen) atoms. The molecule has 0 aromatic carbocycles. The summed E-state index contributed by atoms with van der Waals surface area (Å²) < 4.78 is 2.29. The van der Waals surface area contributed by atoms with E-state index in [2.05, 4.69) is 56.3 Å². The van der Waals surface area contributed by atoms with E-state index >= 15 is 0 Å². The largest absolute Gasteiger partial charge is 0.149 e. The molecular formula is C9H6Br2S2. The fraction of sp³-hybridized carbons (Fsp3) is 0.111. The SMILES string of the molecule is Cc1cc(-c2cc(Br)c(Br)s2)cs1. The van der Waals surface area contributed by atoms with E-state index in [1.807, 2.05) is 0 Å². The zero-order chi connectivity index (χ0) is 9.42. The lowest BCUT2D eigenvalue weighted by Gasteiger charge is -1.86. The molecule has 4 heteroatoms. The predicted octanol–water partition coefficient (Wildman–Crippen LogP) is 5.31. The Kier molecular flexibility index (Phi) is 2.93. The molecule has 0 atom stereocenters. The first-order valence-corrected chi connectivity index (χ1v) is 6.95. The van der Waals surface area contributed by atoms with Gasteiger partial charge in [-0.05, 0) is 56.3 Å². The van der Waals surface area contributed by atoms with Crippen LogP contribution in [0.15, 0.2) is 25.8 Å². The highest BCUT2D eigenvalue weighted by Gasteiger charge is 2.06. The molecule has 0 aliphatic carbocycles. The van der Waals surface area contributed by atoms with Crippen LogP contribution in [0.3, 0.4) is 0 Å². The second kappa shape index (κ2) is 3.85. The van der Waals surface area contributed by atoms with Gasteiger partial charge in [-0.25, -0.2) is 0 Å². The van der Waals surface area contributed by atoms with E-state index in [0.29, 0.717) is 0 Å². The second-order valence-electron chi connectivity index (χ2n) is 2.68. The molecule has 0 unspecified atom stereocenters. The van der Waals surface area contributed by atoms with Crippen molar-refractivity contribution < 1.29 is 0 Å². The van der Waals surface area contributed by atoms with Gasteiger partial charge in [0.15, 0.2) is 0 Å². The lowest BCUT2D eigenvalue weighted by molar-refractivity contribution is 1.64. The Bertz CT molecular complexity index is 409. The van der Waals surface area contributed by atoms with Gasteiger partial charge in [0.05, 0.1) is 3.79 Å². The summed E-state index contributed by atoms with van der Waals surface area (Å²) in [7, 11) is 0. The Morgan fingerprint density at radius 1 is 1.23 bits per heavy atom. The molecule has 0 amide bonds. The van der Waals surface area contributed by atoms with Crippen LogP contribution in [0.2, 0.25) is 0 Å². The van der Waals surface area contributed by atoms with Crippen LogP contribution >= 0.6 is 54.5 Å². The topological polar surface area (TPSA) is 0 Å². The third-order valence-corrected chi connectivity index (χ3v) is 5.83. The molecule has 68 valence electrons. The molecule has 0 nitrogen and oxygen atoms in total. The van der Waals surface area contributed by atoms with Gasteiger partial charge < -0.3 is 0 Å². The van der Waals surface area contributed by atoms with Gasteiger partial charge in [-0.1, -0.05) is 0 Å². The first-order chi connectivity index (χ1) is 6.16. The fourth-order valence-corrected chi connectivity index (χ4v) is 3.86. The number of hydrogen-bond donors (Lipinski definition) is 0. The lowest BCUT2D eigenvalue weighted by Crippen LogP contribution is -1.61. The van der Waals surface area contributed by atoms with E-state index in [1.54, 1.807) is 22.7 Å². The minimum absolute atomic E-state index is 1.14. The van der Waals surface area contributed by atoms with Gasteiger partial charge in [0, 0.05) is 19.8 Å². The lowest BCUT2D eigenvalue weighted by atomic mass is 10.3. The van der Waals surface area contributed by atoms with Crippen molar-refractivity contribution in [3.63, 3.8) is 0 Å². The molecule has 0 N–H and O–H groups in total. The molecule has 2 aromatic rings. The molecule has 0 spiro atoms. The summed E-state index contributed by atoms with van der Waals surface area (Å²) in [5, 5.41) is 2.19.